The lowest BCUT2D eigenvalue weighted by atomic mass is 10.1. The fraction of sp³-hybridized carbons (Fsp3) is 0.500. The van der Waals surface area contributed by atoms with E-state index < -0.39 is 5.60 Å². The number of amides is 1. The van der Waals surface area contributed by atoms with Gasteiger partial charge in [-0.05, 0) is 32.9 Å². The molecule has 7 nitrogen and oxygen atoms in total. The third-order valence-corrected chi connectivity index (χ3v) is 4.02. The van der Waals surface area contributed by atoms with Crippen molar-refractivity contribution >= 4 is 22.9 Å². The Hall–Kier alpha value is -2.75. The number of hydrogen-bond acceptors (Lipinski definition) is 6. The molecule has 1 fully saturated rings. The van der Waals surface area contributed by atoms with Gasteiger partial charge in [-0.3, -0.25) is 0 Å². The van der Waals surface area contributed by atoms with Gasteiger partial charge in [0, 0.05) is 33.1 Å². The maximum Gasteiger partial charge on any atom is 0.410 e. The van der Waals surface area contributed by atoms with Gasteiger partial charge in [-0.15, -0.1) is 0 Å². The van der Waals surface area contributed by atoms with Crippen LogP contribution in [0.15, 0.2) is 16.5 Å². The van der Waals surface area contributed by atoms with Crippen molar-refractivity contribution in [2.24, 2.45) is 0 Å². The van der Waals surface area contributed by atoms with Crippen molar-refractivity contribution < 1.29 is 13.9 Å². The summed E-state index contributed by atoms with van der Waals surface area (Å²) in [6.45, 7) is 9.83. The number of aryl methyl sites for hydroxylation is 1. The molecule has 1 aliphatic rings. The zero-order valence-corrected chi connectivity index (χ0v) is 15.0. The van der Waals surface area contributed by atoms with Crippen molar-refractivity contribution in [3.63, 3.8) is 0 Å². The van der Waals surface area contributed by atoms with Gasteiger partial charge in [-0.1, -0.05) is 0 Å². The SMILES string of the molecule is Cc1nc2c(C#N)ccc(N3CCN(C(=O)OC(C)(C)C)CC3)c2o1. The Kier molecular flexibility index (Phi) is 4.29. The van der Waals surface area contributed by atoms with E-state index in [1.807, 2.05) is 26.8 Å². The molecule has 1 aromatic heterocycles. The molecule has 0 radical (unpaired) electrons. The minimum atomic E-state index is -0.495. The second kappa shape index (κ2) is 6.28. The van der Waals surface area contributed by atoms with Crippen LogP contribution in [0.5, 0.6) is 0 Å². The number of carbonyl (C=O) groups excluding carboxylic acids is 1. The zero-order chi connectivity index (χ0) is 18.2. The van der Waals surface area contributed by atoms with Crippen molar-refractivity contribution in [3.05, 3.63) is 23.6 Å². The molecule has 0 saturated carbocycles. The largest absolute Gasteiger partial charge is 0.444 e. The Morgan fingerprint density at radius 1 is 1.28 bits per heavy atom. The quantitative estimate of drug-likeness (QED) is 0.792. The number of fused-ring (bicyclic) bond motifs is 1. The Morgan fingerprint density at radius 2 is 1.96 bits per heavy atom. The lowest BCUT2D eigenvalue weighted by Crippen LogP contribution is -2.50. The number of hydrogen-bond donors (Lipinski definition) is 0. The molecule has 1 amide bonds. The molecule has 0 spiro atoms. The van der Waals surface area contributed by atoms with Crippen LogP contribution in [0.2, 0.25) is 0 Å². The van der Waals surface area contributed by atoms with E-state index in [9.17, 15) is 10.1 Å². The highest BCUT2D eigenvalue weighted by Crippen LogP contribution is 2.30. The monoisotopic (exact) mass is 342 g/mol. The molecule has 25 heavy (non-hydrogen) atoms. The molecule has 7 heteroatoms. The first-order chi connectivity index (χ1) is 11.8. The summed E-state index contributed by atoms with van der Waals surface area (Å²) in [7, 11) is 0. The van der Waals surface area contributed by atoms with Gasteiger partial charge < -0.3 is 19.0 Å². The fourth-order valence-electron chi connectivity index (χ4n) is 2.90. The summed E-state index contributed by atoms with van der Waals surface area (Å²) < 4.78 is 11.2. The van der Waals surface area contributed by atoms with E-state index >= 15 is 0 Å². The number of rotatable bonds is 1. The first kappa shape index (κ1) is 17.1. The summed E-state index contributed by atoms with van der Waals surface area (Å²) in [6, 6.07) is 5.79. The van der Waals surface area contributed by atoms with Crippen molar-refractivity contribution in [3.8, 4) is 6.07 Å². The third kappa shape index (κ3) is 3.53. The molecule has 0 unspecified atom stereocenters. The second-order valence-corrected chi connectivity index (χ2v) is 7.11. The molecule has 2 aromatic rings. The highest BCUT2D eigenvalue weighted by Gasteiger charge is 2.27. The molecule has 0 bridgehead atoms. The van der Waals surface area contributed by atoms with Crippen molar-refractivity contribution in [2.45, 2.75) is 33.3 Å². The number of carbonyl (C=O) groups is 1. The number of piperazine rings is 1. The zero-order valence-electron chi connectivity index (χ0n) is 15.0. The first-order valence-electron chi connectivity index (χ1n) is 8.31. The molecule has 1 aromatic carbocycles. The molecule has 0 aliphatic carbocycles. The predicted octanol–water partition coefficient (Wildman–Crippen LogP) is 3.07. The van der Waals surface area contributed by atoms with Gasteiger partial charge in [0.15, 0.2) is 11.5 Å². The molecular formula is C18H22N4O3. The van der Waals surface area contributed by atoms with Crippen LogP contribution in [0.3, 0.4) is 0 Å². The van der Waals surface area contributed by atoms with Crippen molar-refractivity contribution in [2.75, 3.05) is 31.1 Å². The van der Waals surface area contributed by atoms with Crippen LogP contribution in [0.4, 0.5) is 10.5 Å². The summed E-state index contributed by atoms with van der Waals surface area (Å²) in [5.41, 5.74) is 2.13. The van der Waals surface area contributed by atoms with E-state index in [4.69, 9.17) is 9.15 Å². The number of ether oxygens (including phenoxy) is 1. The topological polar surface area (TPSA) is 82.6 Å². The lowest BCUT2D eigenvalue weighted by Gasteiger charge is -2.36. The average molecular weight is 342 g/mol. The van der Waals surface area contributed by atoms with E-state index in [0.29, 0.717) is 48.7 Å². The Labute approximate surface area is 146 Å². The van der Waals surface area contributed by atoms with Gasteiger partial charge in [0.1, 0.15) is 17.2 Å². The van der Waals surface area contributed by atoms with Crippen LogP contribution in [0, 0.1) is 18.3 Å². The fourth-order valence-corrected chi connectivity index (χ4v) is 2.90. The van der Waals surface area contributed by atoms with Gasteiger partial charge >= 0.3 is 6.09 Å². The summed E-state index contributed by atoms with van der Waals surface area (Å²) in [6.07, 6.45) is -0.285. The minimum Gasteiger partial charge on any atom is -0.444 e. The van der Waals surface area contributed by atoms with Gasteiger partial charge in [-0.25, -0.2) is 9.78 Å². The predicted molar refractivity (Wildman–Crippen MR) is 93.5 cm³/mol. The second-order valence-electron chi connectivity index (χ2n) is 7.11. The van der Waals surface area contributed by atoms with E-state index in [1.165, 1.54) is 0 Å². The number of benzene rings is 1. The van der Waals surface area contributed by atoms with E-state index in [-0.39, 0.29) is 6.09 Å². The van der Waals surface area contributed by atoms with Crippen LogP contribution in [-0.4, -0.2) is 47.8 Å². The maximum absolute atomic E-state index is 12.2. The van der Waals surface area contributed by atoms with Gasteiger partial charge in [0.05, 0.1) is 11.3 Å². The van der Waals surface area contributed by atoms with Gasteiger partial charge in [0.25, 0.3) is 0 Å². The summed E-state index contributed by atoms with van der Waals surface area (Å²) in [5.74, 6) is 0.534. The molecule has 1 saturated heterocycles. The van der Waals surface area contributed by atoms with Crippen molar-refractivity contribution in [1.29, 1.82) is 5.26 Å². The first-order valence-corrected chi connectivity index (χ1v) is 8.31. The van der Waals surface area contributed by atoms with E-state index in [2.05, 4.69) is 16.0 Å². The Bertz CT molecular complexity index is 836. The summed E-state index contributed by atoms with van der Waals surface area (Å²) in [5, 5.41) is 9.23. The number of aromatic nitrogens is 1. The third-order valence-electron chi connectivity index (χ3n) is 4.02. The van der Waals surface area contributed by atoms with Gasteiger partial charge in [0.2, 0.25) is 0 Å². The lowest BCUT2D eigenvalue weighted by molar-refractivity contribution is 0.0240. The average Bonchev–Trinajstić information content (AvgIpc) is 2.93. The van der Waals surface area contributed by atoms with E-state index in [1.54, 1.807) is 17.9 Å². The van der Waals surface area contributed by atoms with Crippen LogP contribution in [-0.2, 0) is 4.74 Å². The number of nitriles is 1. The standard InChI is InChI=1S/C18H22N4O3/c1-12-20-15-13(11-19)5-6-14(16(15)24-12)21-7-9-22(10-8-21)17(23)25-18(2,3)4/h5-6H,7-10H2,1-4H3. The summed E-state index contributed by atoms with van der Waals surface area (Å²) in [4.78, 5) is 20.4. The molecule has 2 heterocycles. The Morgan fingerprint density at radius 3 is 2.56 bits per heavy atom. The van der Waals surface area contributed by atoms with Crippen LogP contribution >= 0.6 is 0 Å². The highest BCUT2D eigenvalue weighted by atomic mass is 16.6. The smallest absolute Gasteiger partial charge is 0.410 e. The highest BCUT2D eigenvalue weighted by molar-refractivity contribution is 5.91. The summed E-state index contributed by atoms with van der Waals surface area (Å²) >= 11 is 0. The molecule has 0 atom stereocenters. The number of nitrogens with zero attached hydrogens (tertiary/aromatic N) is 4. The van der Waals surface area contributed by atoms with Crippen LogP contribution < -0.4 is 4.90 Å². The number of oxazole rings is 1. The molecule has 132 valence electrons. The Balaban J connectivity index is 1.77. The maximum atomic E-state index is 12.2. The van der Waals surface area contributed by atoms with E-state index in [0.717, 1.165) is 5.69 Å². The minimum absolute atomic E-state index is 0.285. The van der Waals surface area contributed by atoms with Crippen molar-refractivity contribution in [1.82, 2.24) is 9.88 Å². The molecule has 1 aliphatic heterocycles. The van der Waals surface area contributed by atoms with Crippen LogP contribution in [0.25, 0.3) is 11.1 Å². The normalized spacial score (nSPS) is 15.3. The van der Waals surface area contributed by atoms with Gasteiger partial charge in [-0.2, -0.15) is 5.26 Å². The number of anilines is 1. The molecular weight excluding hydrogens is 320 g/mol. The molecule has 3 rings (SSSR count). The molecule has 0 N–H and O–H groups in total. The van der Waals surface area contributed by atoms with Crippen LogP contribution in [0.1, 0.15) is 32.2 Å².